The van der Waals surface area contributed by atoms with Gasteiger partial charge in [0, 0.05) is 18.3 Å². The minimum Gasteiger partial charge on any atom is -0.465 e. The average molecular weight is 295 g/mol. The summed E-state index contributed by atoms with van der Waals surface area (Å²) >= 11 is 0. The fourth-order valence-electron chi connectivity index (χ4n) is 2.33. The Morgan fingerprint density at radius 3 is 2.57 bits per heavy atom. The van der Waals surface area contributed by atoms with Crippen molar-refractivity contribution in [2.75, 3.05) is 6.61 Å². The Bertz CT molecular complexity index is 441. The first-order valence-corrected chi connectivity index (χ1v) is 8.00. The van der Waals surface area contributed by atoms with Gasteiger partial charge < -0.3 is 10.1 Å². The van der Waals surface area contributed by atoms with Gasteiger partial charge in [-0.05, 0) is 32.3 Å². The van der Waals surface area contributed by atoms with Crippen molar-refractivity contribution in [3.63, 3.8) is 0 Å². The van der Waals surface area contributed by atoms with Crippen molar-refractivity contribution in [3.8, 4) is 0 Å². The van der Waals surface area contributed by atoms with Crippen LogP contribution < -0.4 is 5.32 Å². The van der Waals surface area contributed by atoms with Crippen LogP contribution in [-0.2, 0) is 28.9 Å². The lowest BCUT2D eigenvalue weighted by molar-refractivity contribution is -0.146. The Kier molecular flexibility index (Phi) is 7.43. The van der Waals surface area contributed by atoms with E-state index >= 15 is 0 Å². The lowest BCUT2D eigenvalue weighted by atomic mass is 10.2. The molecule has 1 rings (SSSR count). The van der Waals surface area contributed by atoms with Crippen LogP contribution in [0.25, 0.3) is 0 Å². The number of hydrogen-bond acceptors (Lipinski definition) is 4. The van der Waals surface area contributed by atoms with Crippen molar-refractivity contribution in [1.82, 2.24) is 15.1 Å². The Morgan fingerprint density at radius 2 is 2.05 bits per heavy atom. The molecular weight excluding hydrogens is 266 g/mol. The molecule has 0 fully saturated rings. The van der Waals surface area contributed by atoms with E-state index in [4.69, 9.17) is 4.74 Å². The summed E-state index contributed by atoms with van der Waals surface area (Å²) in [4.78, 5) is 12.0. The topological polar surface area (TPSA) is 56.2 Å². The molecule has 5 nitrogen and oxygen atoms in total. The molecule has 0 aliphatic carbocycles. The maximum absolute atomic E-state index is 12.0. The summed E-state index contributed by atoms with van der Waals surface area (Å²) in [5, 5.41) is 7.87. The summed E-state index contributed by atoms with van der Waals surface area (Å²) < 4.78 is 7.17. The second-order valence-electron chi connectivity index (χ2n) is 5.47. The van der Waals surface area contributed by atoms with E-state index in [0.717, 1.165) is 25.1 Å². The highest BCUT2D eigenvalue weighted by Gasteiger charge is 2.20. The fraction of sp³-hybridized carbons (Fsp3) is 0.750. The van der Waals surface area contributed by atoms with E-state index in [1.165, 1.54) is 5.69 Å². The molecule has 21 heavy (non-hydrogen) atoms. The van der Waals surface area contributed by atoms with Crippen LogP contribution in [0.2, 0.25) is 0 Å². The zero-order valence-corrected chi connectivity index (χ0v) is 14.0. The first kappa shape index (κ1) is 17.7. The molecule has 1 heterocycles. The molecule has 1 aromatic rings. The third kappa shape index (κ3) is 5.50. The molecule has 0 radical (unpaired) electrons. The number of nitrogens with zero attached hydrogens (tertiary/aromatic N) is 2. The first-order valence-electron chi connectivity index (χ1n) is 8.00. The number of carbonyl (C=O) groups is 1. The maximum atomic E-state index is 12.0. The van der Waals surface area contributed by atoms with Crippen molar-refractivity contribution in [2.24, 2.45) is 0 Å². The summed E-state index contributed by atoms with van der Waals surface area (Å²) in [6.45, 7) is 11.3. The Morgan fingerprint density at radius 1 is 1.33 bits per heavy atom. The number of nitrogens with one attached hydrogen (secondary N) is 1. The molecule has 5 heteroatoms. The lowest BCUT2D eigenvalue weighted by Crippen LogP contribution is -2.42. The monoisotopic (exact) mass is 295 g/mol. The van der Waals surface area contributed by atoms with Gasteiger partial charge in [0.1, 0.15) is 6.04 Å². The molecule has 1 N–H and O–H groups in total. The number of carbonyl (C=O) groups excluding carboxylic acids is 1. The van der Waals surface area contributed by atoms with E-state index in [-0.39, 0.29) is 18.1 Å². The SMILES string of the molecule is CCOC(=O)C(CCn1nc(CC)cc1CC)NC(C)C. The van der Waals surface area contributed by atoms with Crippen molar-refractivity contribution < 1.29 is 9.53 Å². The largest absolute Gasteiger partial charge is 0.465 e. The molecule has 120 valence electrons. The van der Waals surface area contributed by atoms with Gasteiger partial charge in [0.2, 0.25) is 0 Å². The number of aromatic nitrogens is 2. The van der Waals surface area contributed by atoms with Crippen molar-refractivity contribution in [3.05, 3.63) is 17.5 Å². The summed E-state index contributed by atoms with van der Waals surface area (Å²) in [5.41, 5.74) is 2.33. The van der Waals surface area contributed by atoms with Crippen LogP contribution in [0.5, 0.6) is 0 Å². The Labute approximate surface area is 128 Å². The number of rotatable bonds is 9. The van der Waals surface area contributed by atoms with E-state index in [1.807, 2.05) is 25.5 Å². The summed E-state index contributed by atoms with van der Waals surface area (Å²) in [6.07, 6.45) is 2.58. The van der Waals surface area contributed by atoms with Crippen LogP contribution in [0.15, 0.2) is 6.07 Å². The van der Waals surface area contributed by atoms with Crippen molar-refractivity contribution >= 4 is 5.97 Å². The standard InChI is InChI=1S/C16H29N3O2/c1-6-13-11-14(7-2)19(18-13)10-9-15(17-12(4)5)16(20)21-8-3/h11-12,15,17H,6-10H2,1-5H3. The average Bonchev–Trinajstić information content (AvgIpc) is 2.85. The molecular formula is C16H29N3O2. The minimum absolute atomic E-state index is 0.174. The van der Waals surface area contributed by atoms with Crippen LogP contribution in [0.1, 0.15) is 52.4 Å². The second kappa shape index (κ2) is 8.82. The molecule has 0 amide bonds. The van der Waals surface area contributed by atoms with Crippen LogP contribution in [0, 0.1) is 0 Å². The highest BCUT2D eigenvalue weighted by molar-refractivity contribution is 5.75. The third-order valence-electron chi connectivity index (χ3n) is 3.37. The lowest BCUT2D eigenvalue weighted by Gasteiger charge is -2.20. The summed E-state index contributed by atoms with van der Waals surface area (Å²) in [5.74, 6) is -0.174. The molecule has 1 aromatic heterocycles. The number of aryl methyl sites for hydroxylation is 3. The maximum Gasteiger partial charge on any atom is 0.323 e. The van der Waals surface area contributed by atoms with Crippen LogP contribution in [0.3, 0.4) is 0 Å². The van der Waals surface area contributed by atoms with Crippen molar-refractivity contribution in [1.29, 1.82) is 0 Å². The van der Waals surface area contributed by atoms with E-state index in [0.29, 0.717) is 13.0 Å². The number of hydrogen-bond donors (Lipinski definition) is 1. The molecule has 0 aliphatic heterocycles. The van der Waals surface area contributed by atoms with Gasteiger partial charge in [0.25, 0.3) is 0 Å². The quantitative estimate of drug-likeness (QED) is 0.710. The van der Waals surface area contributed by atoms with E-state index in [1.54, 1.807) is 0 Å². The predicted molar refractivity (Wildman–Crippen MR) is 84.3 cm³/mol. The van der Waals surface area contributed by atoms with Gasteiger partial charge in [0.15, 0.2) is 0 Å². The number of ether oxygens (including phenoxy) is 1. The van der Waals surface area contributed by atoms with Crippen LogP contribution in [-0.4, -0.2) is 34.4 Å². The molecule has 0 aliphatic rings. The highest BCUT2D eigenvalue weighted by Crippen LogP contribution is 2.09. The second-order valence-corrected chi connectivity index (χ2v) is 5.47. The Hall–Kier alpha value is -1.36. The van der Waals surface area contributed by atoms with Gasteiger partial charge in [-0.2, -0.15) is 5.10 Å². The smallest absolute Gasteiger partial charge is 0.323 e. The zero-order valence-electron chi connectivity index (χ0n) is 14.0. The van der Waals surface area contributed by atoms with Gasteiger partial charge >= 0.3 is 5.97 Å². The molecule has 0 saturated carbocycles. The normalized spacial score (nSPS) is 12.7. The molecule has 0 bridgehead atoms. The molecule has 0 saturated heterocycles. The van der Waals surface area contributed by atoms with Gasteiger partial charge in [-0.3, -0.25) is 9.48 Å². The van der Waals surface area contributed by atoms with E-state index in [2.05, 4.69) is 30.3 Å². The first-order chi connectivity index (χ1) is 10.0. The van der Waals surface area contributed by atoms with Crippen LogP contribution >= 0.6 is 0 Å². The highest BCUT2D eigenvalue weighted by atomic mass is 16.5. The molecule has 1 unspecified atom stereocenters. The van der Waals surface area contributed by atoms with Gasteiger partial charge in [0.05, 0.1) is 12.3 Å². The predicted octanol–water partition coefficient (Wildman–Crippen LogP) is 2.33. The fourth-order valence-corrected chi connectivity index (χ4v) is 2.33. The number of esters is 1. The van der Waals surface area contributed by atoms with E-state index in [9.17, 15) is 4.79 Å². The molecule has 0 spiro atoms. The third-order valence-corrected chi connectivity index (χ3v) is 3.37. The van der Waals surface area contributed by atoms with Gasteiger partial charge in [-0.15, -0.1) is 0 Å². The summed E-state index contributed by atoms with van der Waals surface area (Å²) in [6, 6.07) is 2.12. The van der Waals surface area contributed by atoms with Gasteiger partial charge in [-0.1, -0.05) is 27.7 Å². The van der Waals surface area contributed by atoms with Gasteiger partial charge in [-0.25, -0.2) is 0 Å². The minimum atomic E-state index is -0.274. The zero-order chi connectivity index (χ0) is 15.8. The molecule has 0 aromatic carbocycles. The van der Waals surface area contributed by atoms with Crippen molar-refractivity contribution in [2.45, 2.75) is 72.5 Å². The Balaban J connectivity index is 2.71. The van der Waals surface area contributed by atoms with E-state index < -0.39 is 0 Å². The summed E-state index contributed by atoms with van der Waals surface area (Å²) in [7, 11) is 0. The molecule has 1 atom stereocenters. The van der Waals surface area contributed by atoms with Crippen LogP contribution in [0.4, 0.5) is 0 Å².